The van der Waals surface area contributed by atoms with Crippen LogP contribution < -0.4 is 0 Å². The van der Waals surface area contributed by atoms with Crippen LogP contribution in [-0.4, -0.2) is 0 Å². The molecule has 0 aliphatic heterocycles. The normalized spacial score (nSPS) is 10.7. The topological polar surface area (TPSA) is 0 Å². The van der Waals surface area contributed by atoms with Crippen LogP contribution >= 0.6 is 0 Å². The highest BCUT2D eigenvalue weighted by molar-refractivity contribution is 4.60. The molecule has 0 amide bonds. The van der Waals surface area contributed by atoms with E-state index < -0.39 is 0 Å². The van der Waals surface area contributed by atoms with E-state index in [1.54, 1.807) is 0 Å². The monoisotopic (exact) mass is 126 g/mol. The molecular formula is C9H18. The summed E-state index contributed by atoms with van der Waals surface area (Å²) in [5.41, 5.74) is 0. The first-order valence-electron chi connectivity index (χ1n) is 3.93. The van der Waals surface area contributed by atoms with E-state index in [2.05, 4.69) is 20.8 Å². The molecule has 0 spiro atoms. The van der Waals surface area contributed by atoms with Crippen LogP contribution in [0.1, 0.15) is 39.0 Å². The van der Waals surface area contributed by atoms with E-state index >= 15 is 0 Å². The molecule has 0 fully saturated rings. The molecule has 0 nitrogen and oxygen atoms in total. The fraction of sp³-hybridized carbons (Fsp3) is 0.778. The van der Waals surface area contributed by atoms with Crippen molar-refractivity contribution in [2.24, 2.45) is 5.92 Å². The van der Waals surface area contributed by atoms with E-state index in [1.165, 1.54) is 19.3 Å². The molecule has 9 heavy (non-hydrogen) atoms. The molecule has 0 heteroatoms. The van der Waals surface area contributed by atoms with Crippen LogP contribution in [0.5, 0.6) is 0 Å². The zero-order valence-electron chi connectivity index (χ0n) is 6.53. The van der Waals surface area contributed by atoms with Gasteiger partial charge >= 0.3 is 0 Å². The second kappa shape index (κ2) is 6.12. The maximum Gasteiger partial charge on any atom is -0.0414 e. The van der Waals surface area contributed by atoms with Gasteiger partial charge in [0.2, 0.25) is 0 Å². The summed E-state index contributed by atoms with van der Waals surface area (Å²) in [4.78, 5) is 0. The summed E-state index contributed by atoms with van der Waals surface area (Å²) in [6, 6.07) is 0. The second-order valence-corrected chi connectivity index (χ2v) is 2.59. The lowest BCUT2D eigenvalue weighted by Crippen LogP contribution is -1.96. The molecule has 0 saturated heterocycles. The maximum absolute atomic E-state index is 3.90. The molecule has 1 atom stereocenters. The van der Waals surface area contributed by atoms with Crippen molar-refractivity contribution in [2.45, 2.75) is 39.0 Å². The molecule has 0 aliphatic carbocycles. The van der Waals surface area contributed by atoms with Gasteiger partial charge in [0.15, 0.2) is 0 Å². The zero-order chi connectivity index (χ0) is 7.11. The van der Waals surface area contributed by atoms with E-state index in [1.807, 2.05) is 0 Å². The van der Waals surface area contributed by atoms with Gasteiger partial charge in [-0.3, -0.25) is 0 Å². The molecule has 0 aliphatic rings. The van der Waals surface area contributed by atoms with Crippen molar-refractivity contribution in [1.82, 2.24) is 0 Å². The Kier molecular flexibility index (Phi) is 6.12. The highest BCUT2D eigenvalue weighted by Gasteiger charge is 2.01. The van der Waals surface area contributed by atoms with Crippen LogP contribution in [0.3, 0.4) is 0 Å². The van der Waals surface area contributed by atoms with Crippen molar-refractivity contribution >= 4 is 0 Å². The maximum atomic E-state index is 3.90. The highest BCUT2D eigenvalue weighted by Crippen LogP contribution is 2.15. The Bertz CT molecular complexity index is 42.0. The minimum Gasteiger partial charge on any atom is -0.0654 e. The molecule has 0 aromatic heterocycles. The summed E-state index contributed by atoms with van der Waals surface area (Å²) in [6.45, 7) is 9.95. The van der Waals surface area contributed by atoms with Crippen molar-refractivity contribution in [3.05, 3.63) is 13.8 Å². The van der Waals surface area contributed by atoms with Crippen molar-refractivity contribution < 1.29 is 0 Å². The predicted molar refractivity (Wildman–Crippen MR) is 43.0 cm³/mol. The summed E-state index contributed by atoms with van der Waals surface area (Å²) in [5.74, 6) is 0.840. The minimum absolute atomic E-state index is 0.840. The summed E-state index contributed by atoms with van der Waals surface area (Å²) in [7, 11) is 0. The van der Waals surface area contributed by atoms with Gasteiger partial charge in [-0.15, -0.1) is 0 Å². The van der Waals surface area contributed by atoms with E-state index in [0.717, 1.165) is 18.8 Å². The van der Waals surface area contributed by atoms with E-state index in [-0.39, 0.29) is 0 Å². The lowest BCUT2D eigenvalue weighted by molar-refractivity contribution is 0.452. The zero-order valence-corrected chi connectivity index (χ0v) is 6.53. The first kappa shape index (κ1) is 9.00. The van der Waals surface area contributed by atoms with Gasteiger partial charge in [-0.25, -0.2) is 0 Å². The lowest BCUT2D eigenvalue weighted by Gasteiger charge is -2.10. The average molecular weight is 126 g/mol. The first-order chi connectivity index (χ1) is 4.35. The molecule has 2 radical (unpaired) electrons. The van der Waals surface area contributed by atoms with Crippen LogP contribution in [0.2, 0.25) is 0 Å². The Morgan fingerprint density at radius 2 is 1.89 bits per heavy atom. The predicted octanol–water partition coefficient (Wildman–Crippen LogP) is 3.24. The summed E-state index contributed by atoms with van der Waals surface area (Å²) < 4.78 is 0. The van der Waals surface area contributed by atoms with Gasteiger partial charge in [0.05, 0.1) is 0 Å². The van der Waals surface area contributed by atoms with Crippen LogP contribution in [0, 0.1) is 19.8 Å². The van der Waals surface area contributed by atoms with E-state index in [9.17, 15) is 0 Å². The SMILES string of the molecule is [CH2]CCC(C[CH2])CCC. The van der Waals surface area contributed by atoms with Gasteiger partial charge in [0.1, 0.15) is 0 Å². The summed E-state index contributed by atoms with van der Waals surface area (Å²) in [5, 5.41) is 0. The Morgan fingerprint density at radius 1 is 1.22 bits per heavy atom. The molecule has 0 saturated carbocycles. The van der Waals surface area contributed by atoms with E-state index in [0.29, 0.717) is 0 Å². The Labute approximate surface area is 59.7 Å². The van der Waals surface area contributed by atoms with Gasteiger partial charge in [-0.2, -0.15) is 0 Å². The van der Waals surface area contributed by atoms with Gasteiger partial charge < -0.3 is 0 Å². The van der Waals surface area contributed by atoms with Crippen LogP contribution in [-0.2, 0) is 0 Å². The van der Waals surface area contributed by atoms with Crippen molar-refractivity contribution in [2.75, 3.05) is 0 Å². The van der Waals surface area contributed by atoms with Gasteiger partial charge in [-0.05, 0) is 5.92 Å². The Hall–Kier alpha value is 0. The Balaban J connectivity index is 3.18. The van der Waals surface area contributed by atoms with Crippen LogP contribution in [0.15, 0.2) is 0 Å². The van der Waals surface area contributed by atoms with Gasteiger partial charge in [-0.1, -0.05) is 52.9 Å². The van der Waals surface area contributed by atoms with Gasteiger partial charge in [0, 0.05) is 0 Å². The average Bonchev–Trinajstić information content (AvgIpc) is 1.88. The van der Waals surface area contributed by atoms with E-state index in [4.69, 9.17) is 0 Å². The third kappa shape index (κ3) is 4.50. The fourth-order valence-corrected chi connectivity index (χ4v) is 1.13. The number of hydrogen-bond acceptors (Lipinski definition) is 0. The molecule has 0 heterocycles. The summed E-state index contributed by atoms with van der Waals surface area (Å²) >= 11 is 0. The molecule has 0 rings (SSSR count). The third-order valence-electron chi connectivity index (χ3n) is 1.72. The molecule has 0 N–H and O–H groups in total. The fourth-order valence-electron chi connectivity index (χ4n) is 1.13. The highest BCUT2D eigenvalue weighted by atomic mass is 14.1. The third-order valence-corrected chi connectivity index (χ3v) is 1.72. The molecule has 54 valence electrons. The van der Waals surface area contributed by atoms with Crippen molar-refractivity contribution in [3.8, 4) is 0 Å². The molecule has 0 bridgehead atoms. The number of hydrogen-bond donors (Lipinski definition) is 0. The molecule has 0 aromatic rings. The lowest BCUT2D eigenvalue weighted by atomic mass is 9.96. The molecule has 1 unspecified atom stereocenters. The first-order valence-corrected chi connectivity index (χ1v) is 3.93. The van der Waals surface area contributed by atoms with Gasteiger partial charge in [0.25, 0.3) is 0 Å². The smallest absolute Gasteiger partial charge is 0.0414 e. The standard InChI is InChI=1S/C9H18/c1-4-7-9(6-3)8-5-2/h9H,1,3-8H2,2H3. The Morgan fingerprint density at radius 3 is 2.22 bits per heavy atom. The summed E-state index contributed by atoms with van der Waals surface area (Å²) in [6.07, 6.45) is 6.04. The largest absolute Gasteiger partial charge is 0.0654 e. The minimum atomic E-state index is 0.840. The number of rotatable bonds is 5. The molecular weight excluding hydrogens is 108 g/mol. The van der Waals surface area contributed by atoms with Crippen molar-refractivity contribution in [1.29, 1.82) is 0 Å². The van der Waals surface area contributed by atoms with Crippen LogP contribution in [0.4, 0.5) is 0 Å². The molecule has 0 aromatic carbocycles. The quantitative estimate of drug-likeness (QED) is 0.530. The second-order valence-electron chi connectivity index (χ2n) is 2.59. The van der Waals surface area contributed by atoms with Crippen LogP contribution in [0.25, 0.3) is 0 Å². The van der Waals surface area contributed by atoms with Crippen molar-refractivity contribution in [3.63, 3.8) is 0 Å².